The van der Waals surface area contributed by atoms with Gasteiger partial charge in [-0.2, -0.15) is 11.8 Å². The molecule has 1 fully saturated rings. The highest BCUT2D eigenvalue weighted by Crippen LogP contribution is 2.23. The van der Waals surface area contributed by atoms with Gasteiger partial charge in [0.25, 0.3) is 0 Å². The number of amides is 1. The Bertz CT molecular complexity index is 186. The van der Waals surface area contributed by atoms with Crippen LogP contribution in [0, 0.1) is 5.92 Å². The van der Waals surface area contributed by atoms with Gasteiger partial charge in [0.1, 0.15) is 0 Å². The van der Waals surface area contributed by atoms with Crippen molar-refractivity contribution in [1.82, 2.24) is 5.32 Å². The van der Waals surface area contributed by atoms with Gasteiger partial charge in [-0.05, 0) is 18.6 Å². The molecule has 0 aromatic rings. The lowest BCUT2D eigenvalue weighted by Gasteiger charge is -2.09. The van der Waals surface area contributed by atoms with Gasteiger partial charge in [-0.15, -0.1) is 11.6 Å². The smallest absolute Gasteiger partial charge is 0.223 e. The number of halogens is 1. The molecule has 15 heavy (non-hydrogen) atoms. The average molecular weight is 252 g/mol. The Morgan fingerprint density at radius 2 is 2.40 bits per heavy atom. The molecule has 1 heterocycles. The van der Waals surface area contributed by atoms with E-state index in [2.05, 4.69) is 5.32 Å². The van der Waals surface area contributed by atoms with E-state index >= 15 is 0 Å². The third-order valence-electron chi connectivity index (χ3n) is 2.29. The molecule has 0 bridgehead atoms. The van der Waals surface area contributed by atoms with Crippen LogP contribution in [0.3, 0.4) is 0 Å². The van der Waals surface area contributed by atoms with Crippen molar-refractivity contribution in [3.63, 3.8) is 0 Å². The summed E-state index contributed by atoms with van der Waals surface area (Å²) in [6, 6.07) is 0. The Balaban J connectivity index is 1.92. The first kappa shape index (κ1) is 13.1. The van der Waals surface area contributed by atoms with Gasteiger partial charge in [0.05, 0.1) is 6.61 Å². The average Bonchev–Trinajstić information content (AvgIpc) is 2.76. The number of rotatable bonds is 7. The summed E-state index contributed by atoms with van der Waals surface area (Å²) in [4.78, 5) is 11.5. The number of alkyl halides is 1. The van der Waals surface area contributed by atoms with Gasteiger partial charge < -0.3 is 10.1 Å². The minimum Gasteiger partial charge on any atom is -0.380 e. The number of thioether (sulfide) groups is 1. The van der Waals surface area contributed by atoms with Crippen molar-refractivity contribution in [3.8, 4) is 0 Å². The van der Waals surface area contributed by atoms with E-state index in [-0.39, 0.29) is 11.8 Å². The Morgan fingerprint density at radius 1 is 1.53 bits per heavy atom. The topological polar surface area (TPSA) is 38.3 Å². The van der Waals surface area contributed by atoms with Crippen LogP contribution >= 0.6 is 23.4 Å². The molecule has 1 aliphatic rings. The summed E-state index contributed by atoms with van der Waals surface area (Å²) in [5, 5.41) is 2.94. The van der Waals surface area contributed by atoms with Gasteiger partial charge in [-0.3, -0.25) is 4.79 Å². The number of carbonyl (C=O) groups excluding carboxylic acids is 1. The first-order chi connectivity index (χ1) is 7.34. The molecule has 0 saturated carbocycles. The van der Waals surface area contributed by atoms with Crippen molar-refractivity contribution in [2.45, 2.75) is 12.8 Å². The Morgan fingerprint density at radius 3 is 3.07 bits per heavy atom. The largest absolute Gasteiger partial charge is 0.380 e. The molecule has 1 unspecified atom stereocenters. The van der Waals surface area contributed by atoms with Crippen LogP contribution in [-0.4, -0.2) is 43.1 Å². The highest BCUT2D eigenvalue weighted by molar-refractivity contribution is 7.99. The standard InChI is InChI=1S/C10H18ClNO2S/c11-3-6-14-5-1-4-12-10(13)9-2-7-15-8-9/h9H,1-8H2,(H,12,13). The van der Waals surface area contributed by atoms with E-state index in [9.17, 15) is 4.79 Å². The van der Waals surface area contributed by atoms with E-state index < -0.39 is 0 Å². The van der Waals surface area contributed by atoms with Crippen LogP contribution in [0.5, 0.6) is 0 Å². The van der Waals surface area contributed by atoms with Crippen LogP contribution in [0.4, 0.5) is 0 Å². The summed E-state index contributed by atoms with van der Waals surface area (Å²) in [6.45, 7) is 1.98. The molecule has 1 amide bonds. The minimum atomic E-state index is 0.206. The van der Waals surface area contributed by atoms with E-state index in [0.717, 1.165) is 24.3 Å². The highest BCUT2D eigenvalue weighted by Gasteiger charge is 2.22. The normalized spacial score (nSPS) is 20.5. The molecule has 1 N–H and O–H groups in total. The Hall–Kier alpha value is 0.0700. The minimum absolute atomic E-state index is 0.206. The van der Waals surface area contributed by atoms with Crippen LogP contribution in [0.25, 0.3) is 0 Å². The quantitative estimate of drug-likeness (QED) is 0.551. The molecule has 1 atom stereocenters. The van der Waals surface area contributed by atoms with Gasteiger partial charge in [0.15, 0.2) is 0 Å². The zero-order valence-corrected chi connectivity index (χ0v) is 10.4. The van der Waals surface area contributed by atoms with Crippen molar-refractivity contribution >= 4 is 29.3 Å². The summed E-state index contributed by atoms with van der Waals surface area (Å²) in [5.41, 5.74) is 0. The molecule has 0 radical (unpaired) electrons. The zero-order chi connectivity index (χ0) is 10.9. The van der Waals surface area contributed by atoms with Crippen molar-refractivity contribution in [1.29, 1.82) is 0 Å². The van der Waals surface area contributed by atoms with Crippen molar-refractivity contribution in [2.24, 2.45) is 5.92 Å². The second-order valence-electron chi connectivity index (χ2n) is 3.51. The second-order valence-corrected chi connectivity index (χ2v) is 5.03. The number of nitrogens with one attached hydrogen (secondary N) is 1. The lowest BCUT2D eigenvalue weighted by molar-refractivity contribution is -0.124. The second kappa shape index (κ2) is 8.25. The first-order valence-corrected chi connectivity index (χ1v) is 7.02. The number of carbonyl (C=O) groups is 1. The van der Waals surface area contributed by atoms with Gasteiger partial charge in [0.2, 0.25) is 5.91 Å². The molecule has 1 aliphatic heterocycles. The maximum Gasteiger partial charge on any atom is 0.223 e. The van der Waals surface area contributed by atoms with Crippen molar-refractivity contribution in [3.05, 3.63) is 0 Å². The summed E-state index contributed by atoms with van der Waals surface area (Å²) in [6.07, 6.45) is 1.89. The molecule has 0 aromatic heterocycles. The molecule has 1 rings (SSSR count). The predicted octanol–water partition coefficient (Wildman–Crippen LogP) is 1.50. The maximum absolute atomic E-state index is 11.5. The third-order valence-corrected chi connectivity index (χ3v) is 3.60. The van der Waals surface area contributed by atoms with E-state index in [4.69, 9.17) is 16.3 Å². The molecule has 0 aliphatic carbocycles. The maximum atomic E-state index is 11.5. The third kappa shape index (κ3) is 5.64. The van der Waals surface area contributed by atoms with Crippen molar-refractivity contribution < 1.29 is 9.53 Å². The molecule has 88 valence electrons. The fourth-order valence-electron chi connectivity index (χ4n) is 1.43. The highest BCUT2D eigenvalue weighted by atomic mass is 35.5. The Kier molecular flexibility index (Phi) is 7.22. The SMILES string of the molecule is O=C(NCCCOCCCl)C1CCSC1. The predicted molar refractivity (Wildman–Crippen MR) is 64.6 cm³/mol. The van der Waals surface area contributed by atoms with Crippen LogP contribution in [0.1, 0.15) is 12.8 Å². The lowest BCUT2D eigenvalue weighted by Crippen LogP contribution is -2.31. The molecular formula is C10H18ClNO2S. The summed E-state index contributed by atoms with van der Waals surface area (Å²) in [7, 11) is 0. The van der Waals surface area contributed by atoms with E-state index in [1.807, 2.05) is 11.8 Å². The van der Waals surface area contributed by atoms with Crippen LogP contribution in [0.15, 0.2) is 0 Å². The molecule has 1 saturated heterocycles. The first-order valence-electron chi connectivity index (χ1n) is 5.33. The monoisotopic (exact) mass is 251 g/mol. The van der Waals surface area contributed by atoms with Crippen LogP contribution < -0.4 is 5.32 Å². The van der Waals surface area contributed by atoms with Gasteiger partial charge >= 0.3 is 0 Å². The summed E-state index contributed by atoms with van der Waals surface area (Å²) >= 11 is 7.31. The molecular weight excluding hydrogens is 234 g/mol. The molecule has 5 heteroatoms. The van der Waals surface area contributed by atoms with Gasteiger partial charge in [0, 0.05) is 30.7 Å². The summed E-state index contributed by atoms with van der Waals surface area (Å²) < 4.78 is 5.20. The molecule has 0 spiro atoms. The number of hydrogen-bond acceptors (Lipinski definition) is 3. The van der Waals surface area contributed by atoms with Gasteiger partial charge in [-0.25, -0.2) is 0 Å². The van der Waals surface area contributed by atoms with E-state index in [1.165, 1.54) is 0 Å². The fourth-order valence-corrected chi connectivity index (χ4v) is 2.76. The van der Waals surface area contributed by atoms with E-state index in [0.29, 0.717) is 25.6 Å². The number of ether oxygens (including phenoxy) is 1. The van der Waals surface area contributed by atoms with Crippen molar-refractivity contribution in [2.75, 3.05) is 37.1 Å². The molecule has 0 aromatic carbocycles. The number of hydrogen-bond donors (Lipinski definition) is 1. The van der Waals surface area contributed by atoms with E-state index in [1.54, 1.807) is 0 Å². The fraction of sp³-hybridized carbons (Fsp3) is 0.900. The van der Waals surface area contributed by atoms with Gasteiger partial charge in [-0.1, -0.05) is 0 Å². The van der Waals surface area contributed by atoms with Crippen LogP contribution in [-0.2, 0) is 9.53 Å². The molecule has 3 nitrogen and oxygen atoms in total. The van der Waals surface area contributed by atoms with Crippen LogP contribution in [0.2, 0.25) is 0 Å². The Labute approximate surface area is 100 Å². The summed E-state index contributed by atoms with van der Waals surface area (Å²) in [5.74, 6) is 3.08. The lowest BCUT2D eigenvalue weighted by atomic mass is 10.1. The zero-order valence-electron chi connectivity index (χ0n) is 8.84.